The molecule has 100 valence electrons. The molecule has 0 bridgehead atoms. The van der Waals surface area contributed by atoms with Crippen LogP contribution in [0.1, 0.15) is 19.4 Å². The molecular weight excluding hydrogens is 282 g/mol. The van der Waals surface area contributed by atoms with Crippen LogP contribution in [-0.4, -0.2) is 27.2 Å². The molecule has 0 heterocycles. The summed E-state index contributed by atoms with van der Waals surface area (Å²) >= 11 is 6.58. The van der Waals surface area contributed by atoms with Crippen LogP contribution in [0, 0.1) is 21.4 Å². The first-order valence-electron chi connectivity index (χ1n) is 5.68. The zero-order chi connectivity index (χ0) is 14.4. The van der Waals surface area contributed by atoms with Gasteiger partial charge >= 0.3 is 0 Å². The summed E-state index contributed by atoms with van der Waals surface area (Å²) in [4.78, 5) is 12.8. The fourth-order valence-corrected chi connectivity index (χ4v) is 2.90. The molecule has 0 amide bonds. The van der Waals surface area contributed by atoms with Gasteiger partial charge in [0.2, 0.25) is 0 Å². The lowest BCUT2D eigenvalue weighted by atomic mass is 10.2. The molecule has 0 radical (unpaired) electrons. The maximum Gasteiger partial charge on any atom is 0.270 e. The molecule has 0 aliphatic heterocycles. The first kappa shape index (κ1) is 15.4. The van der Waals surface area contributed by atoms with Crippen LogP contribution in [-0.2, 0) is 0 Å². The first-order valence-corrected chi connectivity index (χ1v) is 6.91. The Balaban J connectivity index is 2.99. The van der Waals surface area contributed by atoms with E-state index >= 15 is 0 Å². The predicted octanol–water partition coefficient (Wildman–Crippen LogP) is 3.19. The summed E-state index contributed by atoms with van der Waals surface area (Å²) in [5.41, 5.74) is 0.184. The Kier molecular flexibility index (Phi) is 5.73. The van der Waals surface area contributed by atoms with Gasteiger partial charge in [-0.05, 0) is 19.9 Å². The summed E-state index contributed by atoms with van der Waals surface area (Å²) in [6, 6.07) is 6.19. The molecule has 0 spiro atoms. The second-order valence-corrected chi connectivity index (χ2v) is 5.27. The largest absolute Gasteiger partial charge is 0.358 e. The maximum atomic E-state index is 10.7. The van der Waals surface area contributed by atoms with Gasteiger partial charge in [-0.25, -0.2) is 0 Å². The third kappa shape index (κ3) is 3.91. The minimum absolute atomic E-state index is 0.0883. The average Bonchev–Trinajstić information content (AvgIpc) is 2.40. The summed E-state index contributed by atoms with van der Waals surface area (Å²) in [7, 11) is 0. The number of nitrogens with zero attached hydrogens (tertiary/aromatic N) is 3. The molecule has 0 saturated heterocycles. The molecule has 19 heavy (non-hydrogen) atoms. The summed E-state index contributed by atoms with van der Waals surface area (Å²) in [6.07, 6.45) is 0. The van der Waals surface area contributed by atoms with E-state index in [1.165, 1.54) is 23.9 Å². The van der Waals surface area contributed by atoms with Crippen LogP contribution in [0.3, 0.4) is 0 Å². The number of hydrogen-bond donors (Lipinski definition) is 0. The zero-order valence-electron chi connectivity index (χ0n) is 10.6. The molecule has 0 atom stereocenters. The molecule has 0 saturated carbocycles. The van der Waals surface area contributed by atoms with Crippen molar-refractivity contribution in [1.29, 1.82) is 5.26 Å². The average molecular weight is 295 g/mol. The molecule has 0 N–H and O–H groups in total. The van der Waals surface area contributed by atoms with Crippen LogP contribution in [0.25, 0.3) is 0 Å². The summed E-state index contributed by atoms with van der Waals surface area (Å²) < 4.78 is 0.662. The number of thioether (sulfide) groups is 1. The SMILES string of the molecule is CCN(CC)C(=S)Sc1ccc([N+](=O)[O-])cc1C#N. The van der Waals surface area contributed by atoms with E-state index in [0.717, 1.165) is 13.1 Å². The Morgan fingerprint density at radius 2 is 2.16 bits per heavy atom. The summed E-state index contributed by atoms with van der Waals surface area (Å²) in [6.45, 7) is 5.57. The molecule has 0 aliphatic carbocycles. The zero-order valence-corrected chi connectivity index (χ0v) is 12.3. The fraction of sp³-hybridized carbons (Fsp3) is 0.333. The van der Waals surface area contributed by atoms with Gasteiger partial charge in [0.1, 0.15) is 10.4 Å². The van der Waals surface area contributed by atoms with Crippen LogP contribution in [0.4, 0.5) is 5.69 Å². The van der Waals surface area contributed by atoms with Gasteiger partial charge in [0.15, 0.2) is 0 Å². The van der Waals surface area contributed by atoms with Crippen molar-refractivity contribution in [2.24, 2.45) is 0 Å². The number of non-ortho nitro benzene ring substituents is 1. The Labute approximate surface area is 121 Å². The minimum Gasteiger partial charge on any atom is -0.358 e. The highest BCUT2D eigenvalue weighted by Crippen LogP contribution is 2.28. The van der Waals surface area contributed by atoms with Crippen molar-refractivity contribution >= 4 is 34.0 Å². The van der Waals surface area contributed by atoms with Crippen molar-refractivity contribution < 1.29 is 4.92 Å². The van der Waals surface area contributed by atoms with Crippen LogP contribution >= 0.6 is 24.0 Å². The summed E-state index contributed by atoms with van der Waals surface area (Å²) in [5.74, 6) is 0. The van der Waals surface area contributed by atoms with E-state index in [0.29, 0.717) is 9.22 Å². The van der Waals surface area contributed by atoms with Crippen molar-refractivity contribution in [2.75, 3.05) is 13.1 Å². The fourth-order valence-electron chi connectivity index (χ4n) is 1.45. The quantitative estimate of drug-likeness (QED) is 0.368. The molecule has 0 fully saturated rings. The van der Waals surface area contributed by atoms with Gasteiger partial charge in [-0.1, -0.05) is 24.0 Å². The number of hydrogen-bond acceptors (Lipinski definition) is 5. The molecular formula is C12H13N3O2S2. The van der Waals surface area contributed by atoms with Gasteiger partial charge in [0, 0.05) is 30.1 Å². The van der Waals surface area contributed by atoms with Gasteiger partial charge in [0.25, 0.3) is 5.69 Å². The van der Waals surface area contributed by atoms with Crippen LogP contribution in [0.5, 0.6) is 0 Å². The van der Waals surface area contributed by atoms with Crippen molar-refractivity contribution in [2.45, 2.75) is 18.7 Å². The highest BCUT2D eigenvalue weighted by Gasteiger charge is 2.14. The van der Waals surface area contributed by atoms with Crippen molar-refractivity contribution in [1.82, 2.24) is 4.90 Å². The van der Waals surface area contributed by atoms with E-state index in [-0.39, 0.29) is 11.3 Å². The van der Waals surface area contributed by atoms with Gasteiger partial charge < -0.3 is 4.90 Å². The molecule has 1 rings (SSSR count). The van der Waals surface area contributed by atoms with E-state index in [1.54, 1.807) is 6.07 Å². The molecule has 0 aliphatic rings. The smallest absolute Gasteiger partial charge is 0.270 e. The number of rotatable bonds is 4. The lowest BCUT2D eigenvalue weighted by Crippen LogP contribution is -2.26. The van der Waals surface area contributed by atoms with E-state index in [1.807, 2.05) is 24.8 Å². The Morgan fingerprint density at radius 3 is 2.63 bits per heavy atom. The van der Waals surface area contributed by atoms with Gasteiger partial charge in [0.05, 0.1) is 10.5 Å². The lowest BCUT2D eigenvalue weighted by molar-refractivity contribution is -0.384. The van der Waals surface area contributed by atoms with Crippen LogP contribution in [0.2, 0.25) is 0 Å². The highest BCUT2D eigenvalue weighted by atomic mass is 32.2. The van der Waals surface area contributed by atoms with Gasteiger partial charge in [-0.3, -0.25) is 10.1 Å². The second kappa shape index (κ2) is 7.07. The van der Waals surface area contributed by atoms with Crippen molar-refractivity contribution in [3.63, 3.8) is 0 Å². The Morgan fingerprint density at radius 1 is 1.53 bits per heavy atom. The van der Waals surface area contributed by atoms with E-state index in [9.17, 15) is 10.1 Å². The Hall–Kier alpha value is -1.65. The molecule has 5 nitrogen and oxygen atoms in total. The summed E-state index contributed by atoms with van der Waals surface area (Å²) in [5, 5.41) is 19.7. The second-order valence-electron chi connectivity index (χ2n) is 3.59. The van der Waals surface area contributed by atoms with E-state index in [2.05, 4.69) is 0 Å². The number of thiocarbonyl (C=S) groups is 1. The van der Waals surface area contributed by atoms with E-state index < -0.39 is 4.92 Å². The standard InChI is InChI=1S/C12H13N3O2S2/c1-3-14(4-2)12(18)19-11-6-5-10(15(16)17)7-9(11)8-13/h5-7H,3-4H2,1-2H3. The van der Waals surface area contributed by atoms with Crippen LogP contribution < -0.4 is 0 Å². The van der Waals surface area contributed by atoms with Gasteiger partial charge in [-0.15, -0.1) is 0 Å². The highest BCUT2D eigenvalue weighted by molar-refractivity contribution is 8.23. The number of nitro benzene ring substituents is 1. The number of nitro groups is 1. The van der Waals surface area contributed by atoms with Crippen molar-refractivity contribution in [3.05, 3.63) is 33.9 Å². The third-order valence-electron chi connectivity index (χ3n) is 2.51. The van der Waals surface area contributed by atoms with Gasteiger partial charge in [-0.2, -0.15) is 5.26 Å². The molecule has 0 aromatic heterocycles. The monoisotopic (exact) mass is 295 g/mol. The molecule has 7 heteroatoms. The lowest BCUT2D eigenvalue weighted by Gasteiger charge is -2.20. The maximum absolute atomic E-state index is 10.7. The predicted molar refractivity (Wildman–Crippen MR) is 79.2 cm³/mol. The minimum atomic E-state index is -0.516. The first-order chi connectivity index (χ1) is 9.03. The number of benzene rings is 1. The molecule has 1 aromatic carbocycles. The molecule has 1 aromatic rings. The Bertz CT molecular complexity index is 536. The number of nitriles is 1. The topological polar surface area (TPSA) is 70.2 Å². The third-order valence-corrected chi connectivity index (χ3v) is 4.03. The normalized spacial score (nSPS) is 9.74. The van der Waals surface area contributed by atoms with E-state index in [4.69, 9.17) is 17.5 Å². The van der Waals surface area contributed by atoms with Crippen molar-refractivity contribution in [3.8, 4) is 6.07 Å². The van der Waals surface area contributed by atoms with Crippen LogP contribution in [0.15, 0.2) is 23.1 Å². The molecule has 0 unspecified atom stereocenters.